The molecule has 2 nitrogen and oxygen atoms in total. The first kappa shape index (κ1) is 14.1. The van der Waals surface area contributed by atoms with Crippen LogP contribution in [0.4, 0.5) is 0 Å². The fraction of sp³-hybridized carbons (Fsp3) is 1.00. The van der Waals surface area contributed by atoms with E-state index in [0.717, 1.165) is 19.4 Å². The molecule has 86 valence electrons. The van der Waals surface area contributed by atoms with Crippen LogP contribution in [0.15, 0.2) is 0 Å². The van der Waals surface area contributed by atoms with Crippen molar-refractivity contribution in [3.8, 4) is 0 Å². The highest BCUT2D eigenvalue weighted by Gasteiger charge is 2.33. The molecule has 2 unspecified atom stereocenters. The Morgan fingerprint density at radius 3 is 2.21 bits per heavy atom. The standard InChI is InChI=1S/C9H19NOS.C2H6/c1-9(2)7-8(12(4)11)5-6-10(9)3;1-2/h8H,5-7H2,1-4H3;1-2H3. The summed E-state index contributed by atoms with van der Waals surface area (Å²) in [6.07, 6.45) is 3.97. The van der Waals surface area contributed by atoms with Crippen LogP contribution in [-0.4, -0.2) is 39.7 Å². The minimum Gasteiger partial charge on any atom is -0.301 e. The first-order valence-corrected chi connectivity index (χ1v) is 7.09. The van der Waals surface area contributed by atoms with Gasteiger partial charge in [-0.2, -0.15) is 0 Å². The second-order valence-corrected chi connectivity index (χ2v) is 6.01. The summed E-state index contributed by atoms with van der Waals surface area (Å²) in [4.78, 5) is 2.36. The van der Waals surface area contributed by atoms with Crippen LogP contribution in [0.5, 0.6) is 0 Å². The van der Waals surface area contributed by atoms with Gasteiger partial charge in [0.1, 0.15) is 0 Å². The summed E-state index contributed by atoms with van der Waals surface area (Å²) >= 11 is 0. The molecule has 1 heterocycles. The van der Waals surface area contributed by atoms with Crippen LogP contribution < -0.4 is 0 Å². The Balaban J connectivity index is 0.000000791. The molecule has 14 heavy (non-hydrogen) atoms. The molecule has 0 bridgehead atoms. The summed E-state index contributed by atoms with van der Waals surface area (Å²) in [6.45, 7) is 9.54. The van der Waals surface area contributed by atoms with Crippen LogP contribution >= 0.6 is 0 Å². The number of hydrogen-bond donors (Lipinski definition) is 0. The van der Waals surface area contributed by atoms with Crippen molar-refractivity contribution in [2.24, 2.45) is 0 Å². The second kappa shape index (κ2) is 5.86. The fourth-order valence-electron chi connectivity index (χ4n) is 1.74. The maximum absolute atomic E-state index is 11.3. The van der Waals surface area contributed by atoms with Gasteiger partial charge in [0.15, 0.2) is 0 Å². The van der Waals surface area contributed by atoms with Crippen molar-refractivity contribution >= 4 is 10.8 Å². The molecule has 0 N–H and O–H groups in total. The number of nitrogens with zero attached hydrogens (tertiary/aromatic N) is 1. The van der Waals surface area contributed by atoms with E-state index in [2.05, 4.69) is 25.8 Å². The number of piperidine rings is 1. The van der Waals surface area contributed by atoms with E-state index in [-0.39, 0.29) is 5.54 Å². The predicted molar refractivity (Wildman–Crippen MR) is 65.1 cm³/mol. The Bertz CT molecular complexity index is 192. The lowest BCUT2D eigenvalue weighted by molar-refractivity contribution is 0.111. The molecule has 0 aliphatic carbocycles. The normalized spacial score (nSPS) is 28.9. The van der Waals surface area contributed by atoms with Gasteiger partial charge in [-0.1, -0.05) is 13.8 Å². The molecular weight excluding hydrogens is 194 g/mol. The van der Waals surface area contributed by atoms with Crippen LogP contribution in [0.25, 0.3) is 0 Å². The van der Waals surface area contributed by atoms with Gasteiger partial charge in [0.2, 0.25) is 0 Å². The summed E-state index contributed by atoms with van der Waals surface area (Å²) in [7, 11) is 1.51. The zero-order valence-corrected chi connectivity index (χ0v) is 11.3. The predicted octanol–water partition coefficient (Wildman–Crippen LogP) is 2.26. The van der Waals surface area contributed by atoms with Crippen molar-refractivity contribution < 1.29 is 4.21 Å². The highest BCUT2D eigenvalue weighted by atomic mass is 32.2. The second-order valence-electron chi connectivity index (χ2n) is 4.35. The smallest absolute Gasteiger partial charge is 0.0374 e. The Morgan fingerprint density at radius 2 is 1.86 bits per heavy atom. The van der Waals surface area contributed by atoms with E-state index >= 15 is 0 Å². The van der Waals surface area contributed by atoms with E-state index in [1.165, 1.54) is 0 Å². The Kier molecular flexibility index (Phi) is 5.91. The van der Waals surface area contributed by atoms with E-state index in [0.29, 0.717) is 5.25 Å². The van der Waals surface area contributed by atoms with Crippen molar-refractivity contribution in [1.82, 2.24) is 4.90 Å². The molecular formula is C11H25NOS. The molecule has 0 spiro atoms. The summed E-state index contributed by atoms with van der Waals surface area (Å²) in [5, 5.41) is 0.413. The molecule has 0 aromatic heterocycles. The van der Waals surface area contributed by atoms with Gasteiger partial charge < -0.3 is 4.90 Å². The maximum Gasteiger partial charge on any atom is 0.0374 e. The van der Waals surface area contributed by atoms with Gasteiger partial charge in [0.25, 0.3) is 0 Å². The molecule has 1 fully saturated rings. The van der Waals surface area contributed by atoms with Crippen molar-refractivity contribution in [3.05, 3.63) is 0 Å². The van der Waals surface area contributed by atoms with Crippen molar-refractivity contribution in [3.63, 3.8) is 0 Å². The van der Waals surface area contributed by atoms with Crippen LogP contribution in [-0.2, 0) is 10.8 Å². The number of likely N-dealkylation sites (tertiary alicyclic amines) is 1. The lowest BCUT2D eigenvalue weighted by Crippen LogP contribution is -2.49. The molecule has 0 radical (unpaired) electrons. The average molecular weight is 219 g/mol. The van der Waals surface area contributed by atoms with E-state index in [1.54, 1.807) is 0 Å². The van der Waals surface area contributed by atoms with E-state index in [1.807, 2.05) is 20.1 Å². The average Bonchev–Trinajstić information content (AvgIpc) is 2.13. The maximum atomic E-state index is 11.3. The Labute approximate surface area is 91.5 Å². The number of rotatable bonds is 1. The third kappa shape index (κ3) is 3.70. The molecule has 1 aliphatic rings. The van der Waals surface area contributed by atoms with Gasteiger partial charge in [-0.05, 0) is 40.3 Å². The highest BCUT2D eigenvalue weighted by Crippen LogP contribution is 2.28. The molecule has 0 saturated carbocycles. The molecule has 0 amide bonds. The van der Waals surface area contributed by atoms with Crippen molar-refractivity contribution in [2.45, 2.75) is 51.3 Å². The highest BCUT2D eigenvalue weighted by molar-refractivity contribution is 7.84. The first-order chi connectivity index (χ1) is 6.43. The third-order valence-corrected chi connectivity index (χ3v) is 4.36. The minimum absolute atomic E-state index is 0.231. The minimum atomic E-state index is -0.640. The molecule has 1 aliphatic heterocycles. The van der Waals surface area contributed by atoms with E-state index < -0.39 is 10.8 Å². The lowest BCUT2D eigenvalue weighted by atomic mass is 9.91. The van der Waals surface area contributed by atoms with Crippen LogP contribution in [0.3, 0.4) is 0 Å². The van der Waals surface area contributed by atoms with Gasteiger partial charge in [-0.3, -0.25) is 4.21 Å². The lowest BCUT2D eigenvalue weighted by Gasteiger charge is -2.42. The summed E-state index contributed by atoms with van der Waals surface area (Å²) in [5.74, 6) is 0. The summed E-state index contributed by atoms with van der Waals surface area (Å²) in [6, 6.07) is 0. The first-order valence-electron chi connectivity index (χ1n) is 5.47. The van der Waals surface area contributed by atoms with Gasteiger partial charge in [-0.15, -0.1) is 0 Å². The quantitative estimate of drug-likeness (QED) is 0.674. The molecule has 0 aromatic rings. The van der Waals surface area contributed by atoms with E-state index in [9.17, 15) is 4.21 Å². The van der Waals surface area contributed by atoms with Crippen LogP contribution in [0, 0.1) is 0 Å². The third-order valence-electron chi connectivity index (χ3n) is 3.02. The zero-order valence-electron chi connectivity index (χ0n) is 10.5. The largest absolute Gasteiger partial charge is 0.301 e. The van der Waals surface area contributed by atoms with E-state index in [4.69, 9.17) is 0 Å². The summed E-state index contributed by atoms with van der Waals surface area (Å²) < 4.78 is 11.3. The molecule has 1 saturated heterocycles. The number of hydrogen-bond acceptors (Lipinski definition) is 2. The Morgan fingerprint density at radius 1 is 1.36 bits per heavy atom. The Hall–Kier alpha value is 0.110. The monoisotopic (exact) mass is 219 g/mol. The molecule has 2 atom stereocenters. The van der Waals surface area contributed by atoms with Gasteiger partial charge >= 0.3 is 0 Å². The van der Waals surface area contributed by atoms with Crippen LogP contribution in [0.1, 0.15) is 40.5 Å². The van der Waals surface area contributed by atoms with Crippen molar-refractivity contribution in [2.75, 3.05) is 19.8 Å². The van der Waals surface area contributed by atoms with Crippen LogP contribution in [0.2, 0.25) is 0 Å². The molecule has 1 rings (SSSR count). The van der Waals surface area contributed by atoms with Crippen molar-refractivity contribution in [1.29, 1.82) is 0 Å². The van der Waals surface area contributed by atoms with Gasteiger partial charge in [-0.25, -0.2) is 0 Å². The summed E-state index contributed by atoms with van der Waals surface area (Å²) in [5.41, 5.74) is 0.231. The van der Waals surface area contributed by atoms with Gasteiger partial charge in [0.05, 0.1) is 0 Å². The van der Waals surface area contributed by atoms with Gasteiger partial charge in [0, 0.05) is 27.8 Å². The molecule has 0 aromatic carbocycles. The topological polar surface area (TPSA) is 20.3 Å². The molecule has 3 heteroatoms. The zero-order chi connectivity index (χ0) is 11.4. The SMILES string of the molecule is CC.CN1CCC(S(C)=O)CC1(C)C. The fourth-order valence-corrected chi connectivity index (χ4v) is 2.82.